The molecule has 0 spiro atoms. The second-order valence-electron chi connectivity index (χ2n) is 5.13. The molecule has 3 nitrogen and oxygen atoms in total. The van der Waals surface area contributed by atoms with Crippen LogP contribution in [0.1, 0.15) is 16.7 Å². The van der Waals surface area contributed by atoms with Crippen molar-refractivity contribution in [3.05, 3.63) is 63.1 Å². The number of hydrogen-bond donors (Lipinski definition) is 1. The van der Waals surface area contributed by atoms with Crippen LogP contribution in [0.5, 0.6) is 5.75 Å². The van der Waals surface area contributed by atoms with Crippen molar-refractivity contribution >= 4 is 40.9 Å². The Bertz CT molecular complexity index is 770. The summed E-state index contributed by atoms with van der Waals surface area (Å²) >= 11 is 12.1. The summed E-state index contributed by atoms with van der Waals surface area (Å²) in [5.41, 5.74) is 3.69. The molecule has 0 bridgehead atoms. The first-order valence-electron chi connectivity index (χ1n) is 7.00. The van der Waals surface area contributed by atoms with E-state index in [9.17, 15) is 4.79 Å². The van der Waals surface area contributed by atoms with Crippen LogP contribution < -0.4 is 10.1 Å². The number of halogens is 2. The normalized spacial score (nSPS) is 10.8. The van der Waals surface area contributed by atoms with Crippen LogP contribution in [0, 0.1) is 13.8 Å². The summed E-state index contributed by atoms with van der Waals surface area (Å²) in [6, 6.07) is 9.04. The van der Waals surface area contributed by atoms with E-state index in [1.807, 2.05) is 32.0 Å². The molecule has 0 aliphatic heterocycles. The highest BCUT2D eigenvalue weighted by molar-refractivity contribution is 6.36. The highest BCUT2D eigenvalue weighted by Crippen LogP contribution is 2.32. The van der Waals surface area contributed by atoms with Crippen LogP contribution in [0.25, 0.3) is 6.08 Å². The molecule has 0 aliphatic rings. The summed E-state index contributed by atoms with van der Waals surface area (Å²) in [5.74, 6) is 0.234. The number of aryl methyl sites for hydroxylation is 2. The number of carbonyl (C=O) groups excluding carboxylic acids is 1. The van der Waals surface area contributed by atoms with E-state index in [0.29, 0.717) is 21.4 Å². The molecular weight excluding hydrogens is 333 g/mol. The van der Waals surface area contributed by atoms with Gasteiger partial charge in [-0.25, -0.2) is 0 Å². The number of methoxy groups -OCH3 is 1. The summed E-state index contributed by atoms with van der Waals surface area (Å²) < 4.78 is 5.24. The van der Waals surface area contributed by atoms with Crippen LogP contribution in [0.4, 0.5) is 5.69 Å². The van der Waals surface area contributed by atoms with Crippen LogP contribution in [-0.4, -0.2) is 13.0 Å². The molecule has 2 aromatic carbocycles. The van der Waals surface area contributed by atoms with Gasteiger partial charge in [0.1, 0.15) is 5.75 Å². The van der Waals surface area contributed by atoms with Crippen LogP contribution in [-0.2, 0) is 4.79 Å². The quantitative estimate of drug-likeness (QED) is 0.763. The van der Waals surface area contributed by atoms with E-state index < -0.39 is 0 Å². The summed E-state index contributed by atoms with van der Waals surface area (Å²) in [5, 5.41) is 3.69. The van der Waals surface area contributed by atoms with Gasteiger partial charge in [-0.15, -0.1) is 0 Å². The van der Waals surface area contributed by atoms with Crippen LogP contribution >= 0.6 is 23.2 Å². The lowest BCUT2D eigenvalue weighted by molar-refractivity contribution is -0.111. The topological polar surface area (TPSA) is 38.3 Å². The molecule has 5 heteroatoms. The zero-order chi connectivity index (χ0) is 17.0. The predicted molar refractivity (Wildman–Crippen MR) is 96.6 cm³/mol. The Kier molecular flexibility index (Phi) is 5.69. The van der Waals surface area contributed by atoms with Crippen molar-refractivity contribution in [2.24, 2.45) is 0 Å². The number of rotatable bonds is 4. The smallest absolute Gasteiger partial charge is 0.248 e. The molecule has 0 heterocycles. The molecule has 1 amide bonds. The third kappa shape index (κ3) is 4.50. The molecule has 2 rings (SSSR count). The molecular formula is C18H17Cl2NO2. The summed E-state index contributed by atoms with van der Waals surface area (Å²) in [7, 11) is 1.52. The van der Waals surface area contributed by atoms with Crippen molar-refractivity contribution in [1.29, 1.82) is 0 Å². The average Bonchev–Trinajstić information content (AvgIpc) is 2.48. The fourth-order valence-electron chi connectivity index (χ4n) is 2.09. The standard InChI is InChI=1S/C18H17Cl2NO2/c1-11-4-6-15(8-12(11)2)21-17(22)7-5-13-9-14(19)10-16(20)18(13)23-3/h4-10H,1-3H3,(H,21,22). The van der Waals surface area contributed by atoms with Crippen LogP contribution in [0.3, 0.4) is 0 Å². The average molecular weight is 350 g/mol. The fourth-order valence-corrected chi connectivity index (χ4v) is 2.67. The van der Waals surface area contributed by atoms with E-state index >= 15 is 0 Å². The first-order valence-corrected chi connectivity index (χ1v) is 7.75. The Labute approximate surface area is 145 Å². The molecule has 23 heavy (non-hydrogen) atoms. The van der Waals surface area contributed by atoms with Crippen molar-refractivity contribution in [3.8, 4) is 5.75 Å². The van der Waals surface area contributed by atoms with E-state index in [2.05, 4.69) is 5.32 Å². The van der Waals surface area contributed by atoms with Crippen LogP contribution in [0.15, 0.2) is 36.4 Å². The fraction of sp³-hybridized carbons (Fsp3) is 0.167. The van der Waals surface area contributed by atoms with Gasteiger partial charge in [-0.05, 0) is 55.3 Å². The molecule has 0 unspecified atom stereocenters. The second-order valence-corrected chi connectivity index (χ2v) is 5.98. The summed E-state index contributed by atoms with van der Waals surface area (Å²) in [4.78, 5) is 12.0. The zero-order valence-electron chi connectivity index (χ0n) is 13.1. The van der Waals surface area contributed by atoms with Crippen LogP contribution in [0.2, 0.25) is 10.0 Å². The lowest BCUT2D eigenvalue weighted by atomic mass is 10.1. The predicted octanol–water partition coefficient (Wildman–Crippen LogP) is 5.27. The van der Waals surface area contributed by atoms with E-state index in [1.54, 1.807) is 18.2 Å². The minimum Gasteiger partial charge on any atom is -0.495 e. The molecule has 0 saturated heterocycles. The molecule has 0 saturated carbocycles. The third-order valence-electron chi connectivity index (χ3n) is 3.43. The van der Waals surface area contributed by atoms with Crippen molar-refractivity contribution in [2.45, 2.75) is 13.8 Å². The van der Waals surface area contributed by atoms with Gasteiger partial charge in [0, 0.05) is 22.3 Å². The van der Waals surface area contributed by atoms with Gasteiger partial charge < -0.3 is 10.1 Å². The minimum absolute atomic E-state index is 0.244. The Morgan fingerprint density at radius 2 is 1.87 bits per heavy atom. The number of benzene rings is 2. The molecule has 0 aromatic heterocycles. The maximum absolute atomic E-state index is 12.0. The van der Waals surface area contributed by atoms with Crippen molar-refractivity contribution in [1.82, 2.24) is 0 Å². The minimum atomic E-state index is -0.244. The molecule has 120 valence electrons. The van der Waals surface area contributed by atoms with E-state index in [4.69, 9.17) is 27.9 Å². The number of ether oxygens (including phenoxy) is 1. The lowest BCUT2D eigenvalue weighted by Crippen LogP contribution is -2.08. The van der Waals surface area contributed by atoms with E-state index in [1.165, 1.54) is 18.7 Å². The monoisotopic (exact) mass is 349 g/mol. The number of anilines is 1. The third-order valence-corrected chi connectivity index (χ3v) is 3.93. The van der Waals surface area contributed by atoms with Crippen molar-refractivity contribution in [3.63, 3.8) is 0 Å². The Hall–Kier alpha value is -1.97. The van der Waals surface area contributed by atoms with Gasteiger partial charge in [0.05, 0.1) is 12.1 Å². The van der Waals surface area contributed by atoms with Crippen molar-refractivity contribution in [2.75, 3.05) is 12.4 Å². The zero-order valence-corrected chi connectivity index (χ0v) is 14.6. The first kappa shape index (κ1) is 17.4. The first-order chi connectivity index (χ1) is 10.9. The highest BCUT2D eigenvalue weighted by atomic mass is 35.5. The molecule has 0 atom stereocenters. The molecule has 0 aliphatic carbocycles. The number of hydrogen-bond acceptors (Lipinski definition) is 2. The Morgan fingerprint density at radius 1 is 1.13 bits per heavy atom. The summed E-state index contributed by atoms with van der Waals surface area (Å²) in [6.45, 7) is 4.02. The summed E-state index contributed by atoms with van der Waals surface area (Å²) in [6.07, 6.45) is 3.03. The second kappa shape index (κ2) is 7.53. The molecule has 0 fully saturated rings. The number of amides is 1. The van der Waals surface area contributed by atoms with E-state index in [-0.39, 0.29) is 5.91 Å². The van der Waals surface area contributed by atoms with Gasteiger partial charge in [-0.2, -0.15) is 0 Å². The molecule has 0 radical (unpaired) electrons. The largest absolute Gasteiger partial charge is 0.495 e. The van der Waals surface area contributed by atoms with Gasteiger partial charge >= 0.3 is 0 Å². The lowest BCUT2D eigenvalue weighted by Gasteiger charge is -2.08. The molecule has 1 N–H and O–H groups in total. The van der Waals surface area contributed by atoms with Gasteiger partial charge in [-0.3, -0.25) is 4.79 Å². The van der Waals surface area contributed by atoms with Gasteiger partial charge in [-0.1, -0.05) is 29.3 Å². The Balaban J connectivity index is 2.16. The van der Waals surface area contributed by atoms with Gasteiger partial charge in [0.25, 0.3) is 0 Å². The van der Waals surface area contributed by atoms with E-state index in [0.717, 1.165) is 11.3 Å². The van der Waals surface area contributed by atoms with Gasteiger partial charge in [0.2, 0.25) is 5.91 Å². The van der Waals surface area contributed by atoms with Crippen molar-refractivity contribution < 1.29 is 9.53 Å². The van der Waals surface area contributed by atoms with Gasteiger partial charge in [0.15, 0.2) is 0 Å². The number of carbonyl (C=O) groups is 1. The highest BCUT2D eigenvalue weighted by Gasteiger charge is 2.08. The maximum atomic E-state index is 12.0. The number of nitrogens with one attached hydrogen (secondary N) is 1. The Morgan fingerprint density at radius 3 is 2.52 bits per heavy atom. The molecule has 2 aromatic rings. The SMILES string of the molecule is COc1c(Cl)cc(Cl)cc1C=CC(=O)Nc1ccc(C)c(C)c1. The maximum Gasteiger partial charge on any atom is 0.248 e.